The quantitative estimate of drug-likeness (QED) is 0.592. The molecule has 0 spiro atoms. The largest absolute Gasteiger partial charge is 0.298 e. The molecule has 0 amide bonds. The molecule has 1 fully saturated rings. The minimum absolute atomic E-state index is 0.832. The van der Waals surface area contributed by atoms with Gasteiger partial charge in [-0.05, 0) is 39.7 Å². The lowest BCUT2D eigenvalue weighted by Gasteiger charge is -2.38. The Morgan fingerprint density at radius 3 is 2.18 bits per heavy atom. The first-order valence-corrected chi connectivity index (χ1v) is 5.01. The zero-order chi connectivity index (χ0) is 8.27. The summed E-state index contributed by atoms with van der Waals surface area (Å²) in [5.74, 6) is 0. The van der Waals surface area contributed by atoms with E-state index in [0.717, 1.165) is 12.1 Å². The minimum atomic E-state index is 0.832. The van der Waals surface area contributed by atoms with E-state index in [-0.39, 0.29) is 0 Å². The molecule has 1 nitrogen and oxygen atoms in total. The van der Waals surface area contributed by atoms with Crippen LogP contribution in [0.1, 0.15) is 46.5 Å². The summed E-state index contributed by atoms with van der Waals surface area (Å²) in [5, 5.41) is 0. The molecule has 0 aromatic carbocycles. The first-order chi connectivity index (χ1) is 5.25. The van der Waals surface area contributed by atoms with Crippen molar-refractivity contribution in [3.05, 3.63) is 0 Å². The second-order valence-electron chi connectivity index (χ2n) is 3.87. The zero-order valence-electron chi connectivity index (χ0n) is 8.14. The molecule has 0 N–H and O–H groups in total. The van der Waals surface area contributed by atoms with Crippen LogP contribution in [-0.2, 0) is 0 Å². The fourth-order valence-electron chi connectivity index (χ4n) is 2.17. The van der Waals surface area contributed by atoms with Crippen molar-refractivity contribution in [3.8, 4) is 0 Å². The molecule has 1 aliphatic rings. The van der Waals surface area contributed by atoms with E-state index in [4.69, 9.17) is 0 Å². The van der Waals surface area contributed by atoms with Crippen LogP contribution in [0, 0.1) is 0 Å². The summed E-state index contributed by atoms with van der Waals surface area (Å²) in [7, 11) is 0. The number of rotatable bonds is 2. The normalized spacial score (nSPS) is 34.1. The summed E-state index contributed by atoms with van der Waals surface area (Å²) in [4.78, 5) is 2.66. The molecule has 11 heavy (non-hydrogen) atoms. The van der Waals surface area contributed by atoms with E-state index >= 15 is 0 Å². The van der Waals surface area contributed by atoms with Crippen LogP contribution >= 0.6 is 0 Å². The zero-order valence-corrected chi connectivity index (χ0v) is 8.14. The van der Waals surface area contributed by atoms with Crippen LogP contribution in [-0.4, -0.2) is 23.5 Å². The maximum absolute atomic E-state index is 2.66. The molecule has 1 rings (SSSR count). The van der Waals surface area contributed by atoms with Gasteiger partial charge >= 0.3 is 0 Å². The third-order valence-corrected chi connectivity index (χ3v) is 2.86. The molecule has 1 heterocycles. The molecule has 1 heteroatoms. The fraction of sp³-hybridized carbons (Fsp3) is 1.00. The molecule has 2 atom stereocenters. The van der Waals surface area contributed by atoms with Crippen molar-refractivity contribution in [2.24, 2.45) is 0 Å². The maximum Gasteiger partial charge on any atom is 0.00697 e. The molecular formula is C10H21N. The molecule has 1 saturated heterocycles. The third-order valence-electron chi connectivity index (χ3n) is 2.86. The van der Waals surface area contributed by atoms with E-state index in [9.17, 15) is 0 Å². The van der Waals surface area contributed by atoms with Gasteiger partial charge in [-0.25, -0.2) is 0 Å². The Kier molecular flexibility index (Phi) is 3.38. The fourth-order valence-corrected chi connectivity index (χ4v) is 2.17. The van der Waals surface area contributed by atoms with Crippen molar-refractivity contribution in [3.63, 3.8) is 0 Å². The Hall–Kier alpha value is -0.0400. The predicted octanol–water partition coefficient (Wildman–Crippen LogP) is 2.66. The summed E-state index contributed by atoms with van der Waals surface area (Å²) in [6, 6.07) is 1.66. The molecule has 0 bridgehead atoms. The summed E-state index contributed by atoms with van der Waals surface area (Å²) in [5.41, 5.74) is 0. The minimum Gasteiger partial charge on any atom is -0.298 e. The third kappa shape index (κ3) is 2.19. The van der Waals surface area contributed by atoms with Gasteiger partial charge in [0.2, 0.25) is 0 Å². The van der Waals surface area contributed by atoms with E-state index in [1.165, 1.54) is 32.2 Å². The summed E-state index contributed by atoms with van der Waals surface area (Å²) in [6.07, 6.45) is 5.55. The highest BCUT2D eigenvalue weighted by atomic mass is 15.2. The highest BCUT2D eigenvalue weighted by Gasteiger charge is 2.22. The van der Waals surface area contributed by atoms with E-state index in [1.807, 2.05) is 0 Å². The Morgan fingerprint density at radius 2 is 1.73 bits per heavy atom. The van der Waals surface area contributed by atoms with Crippen LogP contribution in [0.3, 0.4) is 0 Å². The van der Waals surface area contributed by atoms with E-state index in [2.05, 4.69) is 25.7 Å². The smallest absolute Gasteiger partial charge is 0.00697 e. The highest BCUT2D eigenvalue weighted by Crippen LogP contribution is 2.22. The first-order valence-electron chi connectivity index (χ1n) is 5.01. The average Bonchev–Trinajstić information content (AvgIpc) is 1.97. The number of hydrogen-bond acceptors (Lipinski definition) is 1. The predicted molar refractivity (Wildman–Crippen MR) is 49.8 cm³/mol. The second kappa shape index (κ2) is 4.10. The van der Waals surface area contributed by atoms with Crippen molar-refractivity contribution in [2.75, 3.05) is 6.54 Å². The van der Waals surface area contributed by atoms with Gasteiger partial charge in [0.05, 0.1) is 0 Å². The van der Waals surface area contributed by atoms with Gasteiger partial charge in [-0.1, -0.05) is 13.3 Å². The topological polar surface area (TPSA) is 3.24 Å². The van der Waals surface area contributed by atoms with Crippen molar-refractivity contribution in [2.45, 2.75) is 58.5 Å². The van der Waals surface area contributed by atoms with E-state index in [0.29, 0.717) is 0 Å². The first kappa shape index (κ1) is 9.05. The van der Waals surface area contributed by atoms with Crippen molar-refractivity contribution >= 4 is 0 Å². The lowest BCUT2D eigenvalue weighted by atomic mass is 9.97. The van der Waals surface area contributed by atoms with Crippen LogP contribution in [0.4, 0.5) is 0 Å². The Labute approximate surface area is 70.8 Å². The van der Waals surface area contributed by atoms with Crippen molar-refractivity contribution in [1.82, 2.24) is 4.90 Å². The molecule has 0 aliphatic carbocycles. The lowest BCUT2D eigenvalue weighted by Crippen LogP contribution is -2.43. The lowest BCUT2D eigenvalue weighted by molar-refractivity contribution is 0.104. The number of piperidine rings is 1. The maximum atomic E-state index is 2.66. The Balaban J connectivity index is 2.41. The second-order valence-corrected chi connectivity index (χ2v) is 3.87. The highest BCUT2D eigenvalue weighted by molar-refractivity contribution is 4.78. The summed E-state index contributed by atoms with van der Waals surface area (Å²) < 4.78 is 0. The van der Waals surface area contributed by atoms with Gasteiger partial charge in [0.15, 0.2) is 0 Å². The van der Waals surface area contributed by atoms with Crippen LogP contribution in [0.25, 0.3) is 0 Å². The number of likely N-dealkylation sites (tertiary alicyclic amines) is 1. The van der Waals surface area contributed by atoms with Crippen LogP contribution in [0.2, 0.25) is 0 Å². The molecule has 0 aromatic heterocycles. The van der Waals surface area contributed by atoms with Crippen LogP contribution in [0.15, 0.2) is 0 Å². The number of nitrogens with zero attached hydrogens (tertiary/aromatic N) is 1. The van der Waals surface area contributed by atoms with E-state index in [1.54, 1.807) is 0 Å². The molecule has 66 valence electrons. The van der Waals surface area contributed by atoms with Gasteiger partial charge in [0.1, 0.15) is 0 Å². The monoisotopic (exact) mass is 155 g/mol. The van der Waals surface area contributed by atoms with Gasteiger partial charge in [0.25, 0.3) is 0 Å². The number of hydrogen-bond donors (Lipinski definition) is 0. The summed E-state index contributed by atoms with van der Waals surface area (Å²) in [6.45, 7) is 8.30. The molecule has 0 aromatic rings. The Bertz CT molecular complexity index is 101. The Morgan fingerprint density at radius 1 is 1.18 bits per heavy atom. The molecule has 1 aliphatic heterocycles. The standard InChI is InChI=1S/C10H21N/c1-4-8-11-9(2)6-5-7-10(11)3/h9-10H,4-8H2,1-3H3. The van der Waals surface area contributed by atoms with Gasteiger partial charge < -0.3 is 0 Å². The van der Waals surface area contributed by atoms with Crippen molar-refractivity contribution < 1.29 is 0 Å². The van der Waals surface area contributed by atoms with E-state index < -0.39 is 0 Å². The summed E-state index contributed by atoms with van der Waals surface area (Å²) >= 11 is 0. The van der Waals surface area contributed by atoms with Crippen molar-refractivity contribution in [1.29, 1.82) is 0 Å². The van der Waals surface area contributed by atoms with Gasteiger partial charge in [0, 0.05) is 12.1 Å². The molecule has 0 radical (unpaired) electrons. The average molecular weight is 155 g/mol. The molecule has 0 saturated carbocycles. The van der Waals surface area contributed by atoms with Gasteiger partial charge in [-0.15, -0.1) is 0 Å². The molecular weight excluding hydrogens is 134 g/mol. The van der Waals surface area contributed by atoms with Gasteiger partial charge in [-0.3, -0.25) is 4.90 Å². The SMILES string of the molecule is CCCN1C(C)CCCC1C. The molecule has 2 unspecified atom stereocenters. The van der Waals surface area contributed by atoms with Crippen LogP contribution < -0.4 is 0 Å². The van der Waals surface area contributed by atoms with Crippen LogP contribution in [0.5, 0.6) is 0 Å². The van der Waals surface area contributed by atoms with Gasteiger partial charge in [-0.2, -0.15) is 0 Å².